The maximum Gasteiger partial charge on any atom is 0.223 e. The Hall–Kier alpha value is -1.91. The van der Waals surface area contributed by atoms with E-state index in [1.165, 1.54) is 11.1 Å². The Morgan fingerprint density at radius 3 is 2.65 bits per heavy atom. The number of hydrogen-bond donors (Lipinski definition) is 0. The molecule has 2 aliphatic rings. The molecular weight excluding hydrogens is 340 g/mol. The van der Waals surface area contributed by atoms with Gasteiger partial charge in [0, 0.05) is 26.1 Å². The lowest BCUT2D eigenvalue weighted by molar-refractivity contribution is -0.127. The van der Waals surface area contributed by atoms with Crippen LogP contribution in [0.5, 0.6) is 0 Å². The average molecular weight is 367 g/mol. The highest BCUT2D eigenvalue weighted by Gasteiger charge is 2.44. The lowest BCUT2D eigenvalue weighted by Gasteiger charge is -2.38. The summed E-state index contributed by atoms with van der Waals surface area (Å²) in [5, 5.41) is 4.39. The van der Waals surface area contributed by atoms with Crippen molar-refractivity contribution in [1.29, 1.82) is 0 Å². The number of likely N-dealkylation sites (tertiary alicyclic amines) is 2. The van der Waals surface area contributed by atoms with Crippen molar-refractivity contribution in [3.8, 4) is 0 Å². The molecule has 2 aromatic rings. The minimum atomic E-state index is 0.211. The third-order valence-corrected chi connectivity index (χ3v) is 6.48. The van der Waals surface area contributed by atoms with Gasteiger partial charge in [-0.2, -0.15) is 11.3 Å². The quantitative estimate of drug-likeness (QED) is 0.789. The molecule has 0 radical (unpaired) electrons. The van der Waals surface area contributed by atoms with E-state index in [-0.39, 0.29) is 5.41 Å². The number of benzene rings is 1. The molecule has 0 aliphatic carbocycles. The molecule has 1 aromatic carbocycles. The van der Waals surface area contributed by atoms with Gasteiger partial charge in [-0.1, -0.05) is 42.5 Å². The van der Waals surface area contributed by atoms with E-state index in [9.17, 15) is 4.79 Å². The maximum atomic E-state index is 12.5. The Labute approximate surface area is 159 Å². The minimum Gasteiger partial charge on any atom is -0.338 e. The standard InChI is InChI=1S/C22H26N2OS/c25-21-15-22(9-12-23(13-10-22)16-20-8-14-26-17-20)18-24(21)11-4-7-19-5-2-1-3-6-19/h1-8,14,17H,9-13,15-16,18H2. The molecule has 0 unspecified atom stereocenters. The maximum absolute atomic E-state index is 12.5. The van der Waals surface area contributed by atoms with Gasteiger partial charge in [-0.3, -0.25) is 9.69 Å². The van der Waals surface area contributed by atoms with Gasteiger partial charge in [-0.05, 0) is 59.3 Å². The lowest BCUT2D eigenvalue weighted by Crippen LogP contribution is -2.41. The largest absolute Gasteiger partial charge is 0.338 e. The number of amides is 1. The monoisotopic (exact) mass is 366 g/mol. The molecule has 0 atom stereocenters. The SMILES string of the molecule is O=C1CC2(CCN(Cc3ccsc3)CC2)CN1CC=Cc1ccccc1. The van der Waals surface area contributed by atoms with Crippen LogP contribution in [0, 0.1) is 5.41 Å². The first-order valence-corrected chi connectivity index (χ1v) is 10.4. The van der Waals surface area contributed by atoms with Gasteiger partial charge in [0.2, 0.25) is 5.91 Å². The van der Waals surface area contributed by atoms with E-state index < -0.39 is 0 Å². The van der Waals surface area contributed by atoms with E-state index in [1.807, 2.05) is 23.1 Å². The Bertz CT molecular complexity index is 746. The summed E-state index contributed by atoms with van der Waals surface area (Å²) >= 11 is 1.77. The van der Waals surface area contributed by atoms with Gasteiger partial charge < -0.3 is 4.90 Å². The zero-order valence-electron chi connectivity index (χ0n) is 15.1. The number of carbonyl (C=O) groups is 1. The summed E-state index contributed by atoms with van der Waals surface area (Å²) in [6, 6.07) is 12.5. The zero-order chi connectivity index (χ0) is 17.8. The van der Waals surface area contributed by atoms with Crippen molar-refractivity contribution < 1.29 is 4.79 Å². The van der Waals surface area contributed by atoms with Gasteiger partial charge >= 0.3 is 0 Å². The van der Waals surface area contributed by atoms with Crippen LogP contribution < -0.4 is 0 Å². The molecule has 1 spiro atoms. The Kier molecular flexibility index (Phi) is 5.23. The molecule has 3 heterocycles. The number of piperidine rings is 1. The fraction of sp³-hybridized carbons (Fsp3) is 0.409. The van der Waals surface area contributed by atoms with Crippen molar-refractivity contribution in [2.45, 2.75) is 25.8 Å². The smallest absolute Gasteiger partial charge is 0.223 e. The number of hydrogen-bond acceptors (Lipinski definition) is 3. The number of thiophene rings is 1. The second-order valence-electron chi connectivity index (χ2n) is 7.67. The van der Waals surface area contributed by atoms with Gasteiger partial charge in [-0.25, -0.2) is 0 Å². The van der Waals surface area contributed by atoms with E-state index in [0.717, 1.165) is 52.0 Å². The van der Waals surface area contributed by atoms with Crippen molar-refractivity contribution in [2.75, 3.05) is 26.2 Å². The Morgan fingerprint density at radius 1 is 1.12 bits per heavy atom. The fourth-order valence-electron chi connectivity index (χ4n) is 4.19. The summed E-state index contributed by atoms with van der Waals surface area (Å²) < 4.78 is 0. The van der Waals surface area contributed by atoms with Crippen LogP contribution in [0.25, 0.3) is 6.08 Å². The molecule has 136 valence electrons. The van der Waals surface area contributed by atoms with E-state index in [0.29, 0.717) is 5.91 Å². The molecular formula is C22H26N2OS. The molecule has 0 saturated carbocycles. The van der Waals surface area contributed by atoms with Crippen LogP contribution >= 0.6 is 11.3 Å². The lowest BCUT2D eigenvalue weighted by atomic mass is 9.77. The Morgan fingerprint density at radius 2 is 1.92 bits per heavy atom. The summed E-state index contributed by atoms with van der Waals surface area (Å²) in [5.41, 5.74) is 2.82. The van der Waals surface area contributed by atoms with Gasteiger partial charge in [0.15, 0.2) is 0 Å². The molecule has 1 aromatic heterocycles. The predicted octanol–water partition coefficient (Wildman–Crippen LogP) is 4.28. The summed E-state index contributed by atoms with van der Waals surface area (Å²) in [5.74, 6) is 0.328. The minimum absolute atomic E-state index is 0.211. The third kappa shape index (κ3) is 4.08. The van der Waals surface area contributed by atoms with Crippen LogP contribution in [-0.4, -0.2) is 41.9 Å². The second-order valence-corrected chi connectivity index (χ2v) is 8.45. The first kappa shape index (κ1) is 17.5. The molecule has 0 bridgehead atoms. The predicted molar refractivity (Wildman–Crippen MR) is 108 cm³/mol. The number of rotatable bonds is 5. The van der Waals surface area contributed by atoms with Crippen LogP contribution in [0.1, 0.15) is 30.4 Å². The molecule has 2 fully saturated rings. The van der Waals surface area contributed by atoms with Crippen LogP contribution in [0.2, 0.25) is 0 Å². The van der Waals surface area contributed by atoms with E-state index >= 15 is 0 Å². The summed E-state index contributed by atoms with van der Waals surface area (Å²) in [6.07, 6.45) is 7.25. The van der Waals surface area contributed by atoms with Crippen LogP contribution in [0.4, 0.5) is 0 Å². The highest BCUT2D eigenvalue weighted by molar-refractivity contribution is 7.07. The highest BCUT2D eigenvalue weighted by Crippen LogP contribution is 2.41. The van der Waals surface area contributed by atoms with E-state index in [1.54, 1.807) is 11.3 Å². The normalized spacial score (nSPS) is 20.5. The molecule has 2 saturated heterocycles. The van der Waals surface area contributed by atoms with E-state index in [4.69, 9.17) is 0 Å². The van der Waals surface area contributed by atoms with Gasteiger partial charge in [0.25, 0.3) is 0 Å². The average Bonchev–Trinajstić information content (AvgIpc) is 3.27. The molecule has 26 heavy (non-hydrogen) atoms. The Balaban J connectivity index is 1.29. The third-order valence-electron chi connectivity index (χ3n) is 5.74. The summed E-state index contributed by atoms with van der Waals surface area (Å²) in [6.45, 7) is 4.93. The number of nitrogens with zero attached hydrogens (tertiary/aromatic N) is 2. The van der Waals surface area contributed by atoms with Crippen LogP contribution in [-0.2, 0) is 11.3 Å². The van der Waals surface area contributed by atoms with Crippen molar-refractivity contribution in [2.24, 2.45) is 5.41 Å². The van der Waals surface area contributed by atoms with Crippen molar-refractivity contribution in [1.82, 2.24) is 9.80 Å². The first-order chi connectivity index (χ1) is 12.7. The molecule has 3 nitrogen and oxygen atoms in total. The second kappa shape index (κ2) is 7.77. The molecule has 0 N–H and O–H groups in total. The van der Waals surface area contributed by atoms with Gasteiger partial charge in [0.05, 0.1) is 0 Å². The van der Waals surface area contributed by atoms with Crippen molar-refractivity contribution in [3.63, 3.8) is 0 Å². The summed E-state index contributed by atoms with van der Waals surface area (Å²) in [7, 11) is 0. The summed E-state index contributed by atoms with van der Waals surface area (Å²) in [4.78, 5) is 17.1. The zero-order valence-corrected chi connectivity index (χ0v) is 16.0. The van der Waals surface area contributed by atoms with Gasteiger partial charge in [-0.15, -0.1) is 0 Å². The molecule has 4 rings (SSSR count). The van der Waals surface area contributed by atoms with Crippen molar-refractivity contribution in [3.05, 3.63) is 64.4 Å². The van der Waals surface area contributed by atoms with Gasteiger partial charge in [0.1, 0.15) is 0 Å². The highest BCUT2D eigenvalue weighted by atomic mass is 32.1. The molecule has 4 heteroatoms. The molecule has 1 amide bonds. The molecule has 2 aliphatic heterocycles. The van der Waals surface area contributed by atoms with Crippen molar-refractivity contribution >= 4 is 23.3 Å². The van der Waals surface area contributed by atoms with Crippen LogP contribution in [0.15, 0.2) is 53.2 Å². The van der Waals surface area contributed by atoms with E-state index in [2.05, 4.69) is 46.0 Å². The number of carbonyl (C=O) groups excluding carboxylic acids is 1. The van der Waals surface area contributed by atoms with Crippen LogP contribution in [0.3, 0.4) is 0 Å². The topological polar surface area (TPSA) is 23.6 Å². The fourth-order valence-corrected chi connectivity index (χ4v) is 4.85. The first-order valence-electron chi connectivity index (χ1n) is 9.45.